The van der Waals surface area contributed by atoms with Crippen molar-refractivity contribution >= 4 is 29.1 Å². The monoisotopic (exact) mass is 391 g/mol. The normalized spacial score (nSPS) is 15.9. The first-order chi connectivity index (χ1) is 14.0. The first-order valence-corrected chi connectivity index (χ1v) is 9.44. The van der Waals surface area contributed by atoms with Gasteiger partial charge in [-0.15, -0.1) is 0 Å². The quantitative estimate of drug-likeness (QED) is 0.871. The third-order valence-electron chi connectivity index (χ3n) is 5.03. The van der Waals surface area contributed by atoms with Crippen molar-refractivity contribution in [2.24, 2.45) is 0 Å². The second-order valence-corrected chi connectivity index (χ2v) is 6.97. The fourth-order valence-corrected chi connectivity index (χ4v) is 3.41. The van der Waals surface area contributed by atoms with E-state index in [0.717, 1.165) is 11.3 Å². The lowest BCUT2D eigenvalue weighted by molar-refractivity contribution is -0.135. The van der Waals surface area contributed by atoms with Crippen LogP contribution in [0.1, 0.15) is 12.5 Å². The smallest absolute Gasteiger partial charge is 0.291 e. The number of allylic oxidation sites excluding steroid dienone is 1. The van der Waals surface area contributed by atoms with E-state index in [9.17, 15) is 14.4 Å². The number of carbonyl (C=O) groups is 3. The van der Waals surface area contributed by atoms with Crippen LogP contribution in [0.4, 0.5) is 11.4 Å². The fraction of sp³-hybridized carbons (Fsp3) is 0.227. The molecule has 0 spiro atoms. The minimum atomic E-state index is -0.321. The minimum absolute atomic E-state index is 0.0841. The van der Waals surface area contributed by atoms with Crippen molar-refractivity contribution in [2.75, 3.05) is 29.9 Å². The number of hydrogen-bond acceptors (Lipinski definition) is 4. The van der Waals surface area contributed by atoms with Crippen molar-refractivity contribution in [1.29, 1.82) is 0 Å². The van der Waals surface area contributed by atoms with Crippen LogP contribution in [0.3, 0.4) is 0 Å². The van der Waals surface area contributed by atoms with E-state index in [-0.39, 0.29) is 30.0 Å². The molecule has 0 unspecified atom stereocenters. The molecular formula is C22H21N3O4. The van der Waals surface area contributed by atoms with Gasteiger partial charge in [-0.2, -0.15) is 0 Å². The highest BCUT2D eigenvalue weighted by atomic mass is 16.5. The Hall–Kier alpha value is -3.61. The molecule has 0 atom stereocenters. The number of amides is 3. The Bertz CT molecular complexity index is 997. The molecule has 3 amide bonds. The van der Waals surface area contributed by atoms with Crippen molar-refractivity contribution in [2.45, 2.75) is 13.3 Å². The van der Waals surface area contributed by atoms with Gasteiger partial charge < -0.3 is 19.9 Å². The van der Waals surface area contributed by atoms with Gasteiger partial charge >= 0.3 is 0 Å². The van der Waals surface area contributed by atoms with E-state index in [1.165, 1.54) is 11.8 Å². The SMILES string of the molecule is CC(=O)N1CCN(c2ccc(NC(=O)C3=CCc4ccccc4O3)cc2)C(=O)C1. The summed E-state index contributed by atoms with van der Waals surface area (Å²) in [5.41, 5.74) is 2.39. The van der Waals surface area contributed by atoms with Crippen LogP contribution in [0, 0.1) is 0 Å². The van der Waals surface area contributed by atoms with Crippen molar-refractivity contribution < 1.29 is 19.1 Å². The highest BCUT2D eigenvalue weighted by Crippen LogP contribution is 2.26. The average Bonchev–Trinajstić information content (AvgIpc) is 2.74. The Balaban J connectivity index is 1.39. The number of benzene rings is 2. The zero-order valence-corrected chi connectivity index (χ0v) is 16.1. The molecule has 0 radical (unpaired) electrons. The Morgan fingerprint density at radius 3 is 2.52 bits per heavy atom. The van der Waals surface area contributed by atoms with Crippen LogP contribution in [-0.4, -0.2) is 42.3 Å². The van der Waals surface area contributed by atoms with E-state index in [1.54, 1.807) is 35.2 Å². The van der Waals surface area contributed by atoms with Crippen molar-refractivity contribution in [1.82, 2.24) is 4.90 Å². The zero-order valence-electron chi connectivity index (χ0n) is 16.1. The number of fused-ring (bicyclic) bond motifs is 1. The standard InChI is InChI=1S/C22H21N3O4/c1-15(26)24-12-13-25(21(27)14-24)18-9-7-17(8-10-18)23-22(28)20-11-6-16-4-2-3-5-19(16)29-20/h2-5,7-11H,6,12-14H2,1H3,(H,23,28). The molecule has 1 N–H and O–H groups in total. The number of ether oxygens (including phenoxy) is 1. The van der Waals surface area contributed by atoms with E-state index in [0.29, 0.717) is 30.9 Å². The summed E-state index contributed by atoms with van der Waals surface area (Å²) in [4.78, 5) is 39.4. The molecule has 0 aliphatic carbocycles. The molecule has 4 rings (SSSR count). The molecule has 7 heteroatoms. The van der Waals surface area contributed by atoms with Gasteiger partial charge in [-0.3, -0.25) is 14.4 Å². The van der Waals surface area contributed by atoms with Gasteiger partial charge in [0.1, 0.15) is 12.3 Å². The largest absolute Gasteiger partial charge is 0.452 e. The number of para-hydroxylation sites is 1. The molecule has 0 bridgehead atoms. The minimum Gasteiger partial charge on any atom is -0.452 e. The first-order valence-electron chi connectivity index (χ1n) is 9.44. The maximum atomic E-state index is 12.5. The topological polar surface area (TPSA) is 79.0 Å². The van der Waals surface area contributed by atoms with Gasteiger partial charge in [-0.1, -0.05) is 18.2 Å². The van der Waals surface area contributed by atoms with Gasteiger partial charge in [-0.05, 0) is 48.4 Å². The number of nitrogens with zero attached hydrogens (tertiary/aromatic N) is 2. The summed E-state index contributed by atoms with van der Waals surface area (Å²) in [6.45, 7) is 2.50. The maximum absolute atomic E-state index is 12.5. The lowest BCUT2D eigenvalue weighted by Crippen LogP contribution is -2.51. The summed E-state index contributed by atoms with van der Waals surface area (Å²) in [5.74, 6) is 0.418. The molecule has 148 valence electrons. The molecule has 2 aliphatic heterocycles. The summed E-state index contributed by atoms with van der Waals surface area (Å²) < 4.78 is 5.69. The molecular weight excluding hydrogens is 370 g/mol. The lowest BCUT2D eigenvalue weighted by atomic mass is 10.1. The summed E-state index contributed by atoms with van der Waals surface area (Å²) in [6, 6.07) is 14.7. The first kappa shape index (κ1) is 18.7. The van der Waals surface area contributed by atoms with Crippen LogP contribution in [0.2, 0.25) is 0 Å². The molecule has 2 aromatic rings. The third-order valence-corrected chi connectivity index (χ3v) is 5.03. The predicted molar refractivity (Wildman–Crippen MR) is 109 cm³/mol. The van der Waals surface area contributed by atoms with E-state index >= 15 is 0 Å². The summed E-state index contributed by atoms with van der Waals surface area (Å²) in [6.07, 6.45) is 2.41. The molecule has 2 aliphatic rings. The summed E-state index contributed by atoms with van der Waals surface area (Å²) in [5, 5.41) is 2.82. The van der Waals surface area contributed by atoms with Gasteiger partial charge in [0.05, 0.1) is 0 Å². The molecule has 0 saturated carbocycles. The van der Waals surface area contributed by atoms with Crippen LogP contribution in [0.25, 0.3) is 0 Å². The lowest BCUT2D eigenvalue weighted by Gasteiger charge is -2.33. The van der Waals surface area contributed by atoms with Crippen molar-refractivity contribution in [3.05, 3.63) is 65.9 Å². The summed E-state index contributed by atoms with van der Waals surface area (Å²) >= 11 is 0. The maximum Gasteiger partial charge on any atom is 0.291 e. The van der Waals surface area contributed by atoms with Crippen molar-refractivity contribution in [3.8, 4) is 5.75 Å². The number of nitrogens with one attached hydrogen (secondary N) is 1. The molecule has 7 nitrogen and oxygen atoms in total. The second kappa shape index (κ2) is 7.79. The van der Waals surface area contributed by atoms with Gasteiger partial charge in [0.2, 0.25) is 11.8 Å². The Morgan fingerprint density at radius 2 is 1.79 bits per heavy atom. The Morgan fingerprint density at radius 1 is 1.03 bits per heavy atom. The second-order valence-electron chi connectivity index (χ2n) is 6.97. The molecule has 2 heterocycles. The van der Waals surface area contributed by atoms with E-state index in [1.807, 2.05) is 24.3 Å². The third kappa shape index (κ3) is 3.99. The van der Waals surface area contributed by atoms with Crippen LogP contribution >= 0.6 is 0 Å². The predicted octanol–water partition coefficient (Wildman–Crippen LogP) is 2.34. The Labute approximate surface area is 168 Å². The van der Waals surface area contributed by atoms with Crippen LogP contribution in [0.15, 0.2) is 60.4 Å². The average molecular weight is 391 g/mol. The van der Waals surface area contributed by atoms with Gasteiger partial charge in [0, 0.05) is 31.4 Å². The summed E-state index contributed by atoms with van der Waals surface area (Å²) in [7, 11) is 0. The highest BCUT2D eigenvalue weighted by Gasteiger charge is 2.26. The fourth-order valence-electron chi connectivity index (χ4n) is 3.41. The van der Waals surface area contributed by atoms with Crippen LogP contribution < -0.4 is 15.0 Å². The van der Waals surface area contributed by atoms with Crippen LogP contribution in [0.5, 0.6) is 5.75 Å². The van der Waals surface area contributed by atoms with Crippen molar-refractivity contribution in [3.63, 3.8) is 0 Å². The van der Waals surface area contributed by atoms with E-state index < -0.39 is 0 Å². The number of hydrogen-bond donors (Lipinski definition) is 1. The molecule has 2 aromatic carbocycles. The van der Waals surface area contributed by atoms with Gasteiger partial charge in [0.25, 0.3) is 5.91 Å². The Kier molecular flexibility index (Phi) is 5.03. The number of piperazine rings is 1. The molecule has 29 heavy (non-hydrogen) atoms. The number of anilines is 2. The van der Waals surface area contributed by atoms with Gasteiger partial charge in [-0.25, -0.2) is 0 Å². The zero-order chi connectivity index (χ0) is 20.4. The number of carbonyl (C=O) groups excluding carboxylic acids is 3. The molecule has 0 aromatic heterocycles. The molecule has 1 fully saturated rings. The van der Waals surface area contributed by atoms with E-state index in [4.69, 9.17) is 4.74 Å². The van der Waals surface area contributed by atoms with Gasteiger partial charge in [0.15, 0.2) is 5.76 Å². The van der Waals surface area contributed by atoms with Crippen LogP contribution in [-0.2, 0) is 20.8 Å². The number of rotatable bonds is 3. The molecule has 1 saturated heterocycles. The van der Waals surface area contributed by atoms with E-state index in [2.05, 4.69) is 5.32 Å². The highest BCUT2D eigenvalue weighted by molar-refractivity contribution is 6.03.